The zero-order chi connectivity index (χ0) is 13.7. The molecule has 2 unspecified atom stereocenters. The third-order valence-corrected chi connectivity index (χ3v) is 4.25. The average Bonchev–Trinajstić information content (AvgIpc) is 2.62. The Bertz CT molecular complexity index is 383. The molecule has 0 amide bonds. The maximum Gasteiger partial charge on any atom is 0.127 e. The van der Waals surface area contributed by atoms with Crippen LogP contribution in [0.5, 0.6) is 0 Å². The van der Waals surface area contributed by atoms with Gasteiger partial charge in [0.2, 0.25) is 0 Å². The summed E-state index contributed by atoms with van der Waals surface area (Å²) in [7, 11) is 0. The van der Waals surface area contributed by atoms with Gasteiger partial charge in [0.25, 0.3) is 0 Å². The standard InChI is InChI=1S/C16H27N3/c1-3-9-18-14-7-5-4-6-13(11-14)15-12(2)8-10-19-16(15)17/h8,10,13-14,18H,3-7,9,11H2,1-2H3,(H2,17,19). The second kappa shape index (κ2) is 6.90. The molecule has 106 valence electrons. The predicted molar refractivity (Wildman–Crippen MR) is 81.3 cm³/mol. The Hall–Kier alpha value is -1.09. The lowest BCUT2D eigenvalue weighted by Gasteiger charge is -2.23. The molecule has 1 aromatic rings. The van der Waals surface area contributed by atoms with Crippen LogP contribution in [0.4, 0.5) is 5.82 Å². The van der Waals surface area contributed by atoms with E-state index in [1.807, 2.05) is 6.20 Å². The Morgan fingerprint density at radius 1 is 1.37 bits per heavy atom. The molecule has 1 saturated carbocycles. The molecule has 3 nitrogen and oxygen atoms in total. The highest BCUT2D eigenvalue weighted by molar-refractivity contribution is 5.46. The fourth-order valence-corrected chi connectivity index (χ4v) is 3.28. The highest BCUT2D eigenvalue weighted by Gasteiger charge is 2.24. The maximum absolute atomic E-state index is 6.12. The van der Waals surface area contributed by atoms with Crippen molar-refractivity contribution in [3.8, 4) is 0 Å². The van der Waals surface area contributed by atoms with Crippen molar-refractivity contribution in [3.63, 3.8) is 0 Å². The minimum absolute atomic E-state index is 0.575. The molecular weight excluding hydrogens is 234 g/mol. The van der Waals surface area contributed by atoms with Crippen LogP contribution in [-0.4, -0.2) is 17.6 Å². The Kier molecular flexibility index (Phi) is 5.20. The second-order valence-corrected chi connectivity index (χ2v) is 5.79. The van der Waals surface area contributed by atoms with Gasteiger partial charge >= 0.3 is 0 Å². The summed E-state index contributed by atoms with van der Waals surface area (Å²) in [6, 6.07) is 2.73. The minimum Gasteiger partial charge on any atom is -0.383 e. The first-order valence-corrected chi connectivity index (χ1v) is 7.66. The summed E-state index contributed by atoms with van der Waals surface area (Å²) in [6.45, 7) is 5.51. The van der Waals surface area contributed by atoms with Crippen LogP contribution in [0.3, 0.4) is 0 Å². The molecule has 19 heavy (non-hydrogen) atoms. The summed E-state index contributed by atoms with van der Waals surface area (Å²) in [5.74, 6) is 1.31. The lowest BCUT2D eigenvalue weighted by molar-refractivity contribution is 0.439. The first-order valence-electron chi connectivity index (χ1n) is 7.66. The molecule has 0 spiro atoms. The van der Waals surface area contributed by atoms with Crippen molar-refractivity contribution in [3.05, 3.63) is 23.4 Å². The predicted octanol–water partition coefficient (Wildman–Crippen LogP) is 3.39. The van der Waals surface area contributed by atoms with Crippen molar-refractivity contribution in [2.24, 2.45) is 0 Å². The number of nitrogens with zero attached hydrogens (tertiary/aromatic N) is 1. The quantitative estimate of drug-likeness (QED) is 0.817. The van der Waals surface area contributed by atoms with Gasteiger partial charge in [0.05, 0.1) is 0 Å². The van der Waals surface area contributed by atoms with Crippen molar-refractivity contribution in [2.75, 3.05) is 12.3 Å². The van der Waals surface area contributed by atoms with E-state index in [2.05, 4.69) is 30.2 Å². The van der Waals surface area contributed by atoms with Crippen molar-refractivity contribution in [1.29, 1.82) is 0 Å². The lowest BCUT2D eigenvalue weighted by Crippen LogP contribution is -2.30. The van der Waals surface area contributed by atoms with Crippen molar-refractivity contribution in [2.45, 2.75) is 64.3 Å². The van der Waals surface area contributed by atoms with E-state index in [-0.39, 0.29) is 0 Å². The number of nitrogen functional groups attached to an aromatic ring is 1. The van der Waals surface area contributed by atoms with Crippen LogP contribution in [0.15, 0.2) is 12.3 Å². The van der Waals surface area contributed by atoms with Gasteiger partial charge in [-0.15, -0.1) is 0 Å². The van der Waals surface area contributed by atoms with Crippen LogP contribution < -0.4 is 11.1 Å². The van der Waals surface area contributed by atoms with E-state index in [1.54, 1.807) is 0 Å². The Balaban J connectivity index is 2.13. The van der Waals surface area contributed by atoms with E-state index in [4.69, 9.17) is 5.73 Å². The molecule has 0 saturated heterocycles. The SMILES string of the molecule is CCCNC1CCCCC(c2c(C)ccnc2N)C1. The molecule has 1 aliphatic rings. The molecule has 0 aliphatic heterocycles. The van der Waals surface area contributed by atoms with Gasteiger partial charge in [0.1, 0.15) is 5.82 Å². The van der Waals surface area contributed by atoms with Crippen LogP contribution in [0, 0.1) is 6.92 Å². The number of rotatable bonds is 4. The van der Waals surface area contributed by atoms with Gasteiger partial charge in [0.15, 0.2) is 0 Å². The van der Waals surface area contributed by atoms with Crippen LogP contribution in [0.1, 0.15) is 62.5 Å². The van der Waals surface area contributed by atoms with Gasteiger partial charge in [-0.25, -0.2) is 4.98 Å². The molecule has 1 fully saturated rings. The molecule has 3 heteroatoms. The molecule has 0 radical (unpaired) electrons. The molecule has 0 aromatic carbocycles. The Morgan fingerprint density at radius 3 is 2.89 bits per heavy atom. The third-order valence-electron chi connectivity index (χ3n) is 4.25. The van der Waals surface area contributed by atoms with E-state index >= 15 is 0 Å². The Labute approximate surface area is 117 Å². The molecule has 1 aromatic heterocycles. The van der Waals surface area contributed by atoms with Crippen LogP contribution >= 0.6 is 0 Å². The van der Waals surface area contributed by atoms with Gasteiger partial charge in [-0.1, -0.05) is 19.8 Å². The lowest BCUT2D eigenvalue weighted by atomic mass is 9.88. The Morgan fingerprint density at radius 2 is 2.16 bits per heavy atom. The third kappa shape index (κ3) is 3.69. The number of hydrogen-bond donors (Lipinski definition) is 2. The van der Waals surface area contributed by atoms with Crippen molar-refractivity contribution in [1.82, 2.24) is 10.3 Å². The van der Waals surface area contributed by atoms with E-state index in [0.29, 0.717) is 12.0 Å². The van der Waals surface area contributed by atoms with Crippen molar-refractivity contribution < 1.29 is 0 Å². The first kappa shape index (κ1) is 14.3. The molecule has 1 aliphatic carbocycles. The first-order chi connectivity index (χ1) is 9.22. The van der Waals surface area contributed by atoms with Crippen LogP contribution in [0.2, 0.25) is 0 Å². The summed E-state index contributed by atoms with van der Waals surface area (Å²) in [6.07, 6.45) is 9.42. The van der Waals surface area contributed by atoms with E-state index in [9.17, 15) is 0 Å². The van der Waals surface area contributed by atoms with Crippen LogP contribution in [0.25, 0.3) is 0 Å². The summed E-state index contributed by atoms with van der Waals surface area (Å²) in [5, 5.41) is 3.69. The topological polar surface area (TPSA) is 50.9 Å². The monoisotopic (exact) mass is 261 g/mol. The number of hydrogen-bond acceptors (Lipinski definition) is 3. The van der Waals surface area contributed by atoms with E-state index in [0.717, 1.165) is 12.4 Å². The average molecular weight is 261 g/mol. The summed E-state index contributed by atoms with van der Waals surface area (Å²) >= 11 is 0. The molecular formula is C16H27N3. The zero-order valence-corrected chi connectivity index (χ0v) is 12.3. The highest BCUT2D eigenvalue weighted by atomic mass is 14.9. The zero-order valence-electron chi connectivity index (χ0n) is 12.3. The van der Waals surface area contributed by atoms with E-state index in [1.165, 1.54) is 49.7 Å². The second-order valence-electron chi connectivity index (χ2n) is 5.79. The summed E-state index contributed by atoms with van der Waals surface area (Å²) in [5.41, 5.74) is 8.72. The van der Waals surface area contributed by atoms with Gasteiger partial charge in [-0.3, -0.25) is 0 Å². The largest absolute Gasteiger partial charge is 0.383 e. The van der Waals surface area contributed by atoms with E-state index < -0.39 is 0 Å². The van der Waals surface area contributed by atoms with Gasteiger partial charge in [0, 0.05) is 17.8 Å². The maximum atomic E-state index is 6.12. The van der Waals surface area contributed by atoms with Gasteiger partial charge in [-0.05, 0) is 56.7 Å². The fourth-order valence-electron chi connectivity index (χ4n) is 3.28. The number of nitrogens with two attached hydrogens (primary N) is 1. The molecule has 2 atom stereocenters. The minimum atomic E-state index is 0.575. The summed E-state index contributed by atoms with van der Waals surface area (Å²) < 4.78 is 0. The highest BCUT2D eigenvalue weighted by Crippen LogP contribution is 2.35. The van der Waals surface area contributed by atoms with Gasteiger partial charge < -0.3 is 11.1 Å². The molecule has 1 heterocycles. The smallest absolute Gasteiger partial charge is 0.127 e. The fraction of sp³-hybridized carbons (Fsp3) is 0.688. The van der Waals surface area contributed by atoms with Gasteiger partial charge in [-0.2, -0.15) is 0 Å². The molecule has 2 rings (SSSR count). The molecule has 3 N–H and O–H groups in total. The number of aromatic nitrogens is 1. The number of nitrogens with one attached hydrogen (secondary N) is 1. The number of aryl methyl sites for hydroxylation is 1. The summed E-state index contributed by atoms with van der Waals surface area (Å²) in [4.78, 5) is 4.29. The molecule has 0 bridgehead atoms. The number of pyridine rings is 1. The van der Waals surface area contributed by atoms with Crippen molar-refractivity contribution >= 4 is 5.82 Å². The normalized spacial score (nSPS) is 24.1. The number of anilines is 1. The van der Waals surface area contributed by atoms with Crippen LogP contribution in [-0.2, 0) is 0 Å².